The maximum absolute atomic E-state index is 12.1. The van der Waals surface area contributed by atoms with Crippen molar-refractivity contribution in [3.8, 4) is 0 Å². The molecule has 2 rings (SSSR count). The van der Waals surface area contributed by atoms with Gasteiger partial charge < -0.3 is 14.1 Å². The van der Waals surface area contributed by atoms with Crippen LogP contribution in [0.3, 0.4) is 0 Å². The summed E-state index contributed by atoms with van der Waals surface area (Å²) >= 11 is 0. The van der Waals surface area contributed by atoms with Crippen molar-refractivity contribution in [1.29, 1.82) is 0 Å². The van der Waals surface area contributed by atoms with E-state index in [9.17, 15) is 28.1 Å². The fourth-order valence-corrected chi connectivity index (χ4v) is 4.21. The second-order valence-electron chi connectivity index (χ2n) is 5.21. The first-order chi connectivity index (χ1) is 11.2. The van der Waals surface area contributed by atoms with Gasteiger partial charge >= 0.3 is 11.9 Å². The molecule has 1 fully saturated rings. The standard InChI is InChI=1S/C13H16N2O8S/c1-2-14(9-5-6-24(20,21)8-9)11(16)7-22-13(17)10-3-4-12(23-10)15(18)19/h3-4,9H,2,5-8H2,1H3. The molecule has 1 aliphatic rings. The molecule has 10 nitrogen and oxygen atoms in total. The molecular weight excluding hydrogens is 344 g/mol. The third-order valence-corrected chi connectivity index (χ3v) is 5.36. The SMILES string of the molecule is CCN(C(=O)COC(=O)c1ccc([N+](=O)[O-])o1)C1CCS(=O)(=O)C1. The molecule has 1 aromatic heterocycles. The first-order valence-corrected chi connectivity index (χ1v) is 8.97. The summed E-state index contributed by atoms with van der Waals surface area (Å²) in [5, 5.41) is 10.5. The lowest BCUT2D eigenvalue weighted by Gasteiger charge is -2.26. The fraction of sp³-hybridized carbons (Fsp3) is 0.538. The van der Waals surface area contributed by atoms with E-state index in [1.54, 1.807) is 6.92 Å². The molecule has 0 spiro atoms. The lowest BCUT2D eigenvalue weighted by atomic mass is 10.2. The van der Waals surface area contributed by atoms with E-state index >= 15 is 0 Å². The van der Waals surface area contributed by atoms with E-state index in [1.807, 2.05) is 0 Å². The number of carbonyl (C=O) groups is 2. The second kappa shape index (κ2) is 6.99. The summed E-state index contributed by atoms with van der Waals surface area (Å²) in [4.78, 5) is 34.9. The summed E-state index contributed by atoms with van der Waals surface area (Å²) < 4.78 is 32.5. The van der Waals surface area contributed by atoms with Crippen molar-refractivity contribution in [2.45, 2.75) is 19.4 Å². The van der Waals surface area contributed by atoms with Crippen molar-refractivity contribution in [2.75, 3.05) is 24.7 Å². The van der Waals surface area contributed by atoms with Gasteiger partial charge in [0.15, 0.2) is 16.4 Å². The number of nitro groups is 1. The predicted molar refractivity (Wildman–Crippen MR) is 80.1 cm³/mol. The van der Waals surface area contributed by atoms with E-state index in [1.165, 1.54) is 4.90 Å². The Hall–Kier alpha value is -2.43. The van der Waals surface area contributed by atoms with E-state index in [2.05, 4.69) is 4.42 Å². The number of rotatable bonds is 6. The van der Waals surface area contributed by atoms with Crippen LogP contribution in [0.25, 0.3) is 0 Å². The molecule has 1 saturated heterocycles. The zero-order chi connectivity index (χ0) is 17.9. The van der Waals surface area contributed by atoms with Gasteiger partial charge in [-0.25, -0.2) is 13.2 Å². The molecule has 0 bridgehead atoms. The van der Waals surface area contributed by atoms with Crippen LogP contribution < -0.4 is 0 Å². The van der Waals surface area contributed by atoms with E-state index in [0.29, 0.717) is 6.42 Å². The molecule has 0 saturated carbocycles. The normalized spacial score (nSPS) is 19.0. The summed E-state index contributed by atoms with van der Waals surface area (Å²) in [6, 6.07) is 1.64. The lowest BCUT2D eigenvalue weighted by Crippen LogP contribution is -2.43. The molecule has 24 heavy (non-hydrogen) atoms. The minimum atomic E-state index is -3.14. The molecule has 1 atom stereocenters. The number of amides is 1. The van der Waals surface area contributed by atoms with Crippen molar-refractivity contribution in [1.82, 2.24) is 4.90 Å². The minimum absolute atomic E-state index is 0.0251. The molecule has 0 aromatic carbocycles. The zero-order valence-electron chi connectivity index (χ0n) is 12.8. The second-order valence-corrected chi connectivity index (χ2v) is 7.44. The van der Waals surface area contributed by atoms with Gasteiger partial charge in [0, 0.05) is 12.6 Å². The number of nitrogens with zero attached hydrogens (tertiary/aromatic N) is 2. The summed E-state index contributed by atoms with van der Waals surface area (Å²) in [5.74, 6) is -2.62. The van der Waals surface area contributed by atoms with Gasteiger partial charge in [0.25, 0.3) is 5.91 Å². The Morgan fingerprint density at radius 2 is 2.17 bits per heavy atom. The summed E-state index contributed by atoms with van der Waals surface area (Å²) in [6.45, 7) is 1.38. The van der Waals surface area contributed by atoms with Crippen molar-refractivity contribution in [3.63, 3.8) is 0 Å². The Balaban J connectivity index is 1.93. The fourth-order valence-electron chi connectivity index (χ4n) is 2.48. The van der Waals surface area contributed by atoms with Crippen molar-refractivity contribution in [2.24, 2.45) is 0 Å². The van der Waals surface area contributed by atoms with Crippen molar-refractivity contribution >= 4 is 27.6 Å². The topological polar surface area (TPSA) is 137 Å². The number of hydrogen-bond acceptors (Lipinski definition) is 8. The van der Waals surface area contributed by atoms with E-state index < -0.39 is 45.2 Å². The highest BCUT2D eigenvalue weighted by Gasteiger charge is 2.34. The number of esters is 1. The molecule has 1 unspecified atom stereocenters. The first-order valence-electron chi connectivity index (χ1n) is 7.14. The third kappa shape index (κ3) is 4.10. The van der Waals surface area contributed by atoms with Crippen LogP contribution in [0.1, 0.15) is 23.9 Å². The van der Waals surface area contributed by atoms with Gasteiger partial charge in [0.1, 0.15) is 4.92 Å². The lowest BCUT2D eigenvalue weighted by molar-refractivity contribution is -0.402. The van der Waals surface area contributed by atoms with Crippen molar-refractivity contribution in [3.05, 3.63) is 28.0 Å². The number of hydrogen-bond donors (Lipinski definition) is 0. The zero-order valence-corrected chi connectivity index (χ0v) is 13.7. The number of likely N-dealkylation sites (N-methyl/N-ethyl adjacent to an activating group) is 1. The Morgan fingerprint density at radius 3 is 2.67 bits per heavy atom. The van der Waals surface area contributed by atoms with Gasteiger partial charge in [-0.15, -0.1) is 0 Å². The summed E-state index contributed by atoms with van der Waals surface area (Å²) in [7, 11) is -3.14. The van der Waals surface area contributed by atoms with Crippen LogP contribution in [-0.2, 0) is 19.4 Å². The van der Waals surface area contributed by atoms with Gasteiger partial charge in [0.2, 0.25) is 5.76 Å². The van der Waals surface area contributed by atoms with E-state index in [-0.39, 0.29) is 23.8 Å². The average Bonchev–Trinajstić information content (AvgIpc) is 3.12. The molecular formula is C13H16N2O8S. The number of sulfone groups is 1. The van der Waals surface area contributed by atoms with Crippen LogP contribution >= 0.6 is 0 Å². The molecule has 11 heteroatoms. The van der Waals surface area contributed by atoms with Crippen LogP contribution in [0.15, 0.2) is 16.5 Å². The van der Waals surface area contributed by atoms with Crippen LogP contribution in [0, 0.1) is 10.1 Å². The van der Waals surface area contributed by atoms with Crippen LogP contribution in [-0.4, -0.2) is 60.8 Å². The van der Waals surface area contributed by atoms with Gasteiger partial charge in [0.05, 0.1) is 17.6 Å². The highest BCUT2D eigenvalue weighted by molar-refractivity contribution is 7.91. The molecule has 1 aromatic rings. The molecule has 1 aliphatic heterocycles. The van der Waals surface area contributed by atoms with Crippen LogP contribution in [0.5, 0.6) is 0 Å². The Kier molecular flexibility index (Phi) is 5.22. The number of carbonyl (C=O) groups excluding carboxylic acids is 2. The Bertz CT molecular complexity index is 754. The molecule has 132 valence electrons. The quantitative estimate of drug-likeness (QED) is 0.403. The predicted octanol–water partition coefficient (Wildman–Crippen LogP) is 0.380. The maximum atomic E-state index is 12.1. The van der Waals surface area contributed by atoms with Crippen molar-refractivity contribution < 1.29 is 32.1 Å². The summed E-state index contributed by atoms with van der Waals surface area (Å²) in [5.41, 5.74) is 0. The third-order valence-electron chi connectivity index (χ3n) is 3.61. The van der Waals surface area contributed by atoms with Gasteiger partial charge in [-0.1, -0.05) is 0 Å². The molecule has 0 radical (unpaired) electrons. The van der Waals surface area contributed by atoms with Crippen LogP contribution in [0.2, 0.25) is 0 Å². The molecule has 1 amide bonds. The Labute approximate surface area is 137 Å². The molecule has 0 aliphatic carbocycles. The van der Waals surface area contributed by atoms with Crippen LogP contribution in [0.4, 0.5) is 5.88 Å². The molecule has 2 heterocycles. The number of furan rings is 1. The number of ether oxygens (including phenoxy) is 1. The highest BCUT2D eigenvalue weighted by atomic mass is 32.2. The highest BCUT2D eigenvalue weighted by Crippen LogP contribution is 2.19. The van der Waals surface area contributed by atoms with Gasteiger partial charge in [-0.2, -0.15) is 0 Å². The smallest absolute Gasteiger partial charge is 0.433 e. The van der Waals surface area contributed by atoms with E-state index in [4.69, 9.17) is 4.74 Å². The van der Waals surface area contributed by atoms with Gasteiger partial charge in [-0.3, -0.25) is 14.9 Å². The van der Waals surface area contributed by atoms with Gasteiger partial charge in [-0.05, 0) is 19.4 Å². The minimum Gasteiger partial charge on any atom is -0.450 e. The largest absolute Gasteiger partial charge is 0.450 e. The van der Waals surface area contributed by atoms with E-state index in [0.717, 1.165) is 12.1 Å². The summed E-state index contributed by atoms with van der Waals surface area (Å²) in [6.07, 6.45) is 0.347. The first kappa shape index (κ1) is 17.9. The Morgan fingerprint density at radius 1 is 1.46 bits per heavy atom. The maximum Gasteiger partial charge on any atom is 0.433 e. The monoisotopic (exact) mass is 360 g/mol. The molecule has 0 N–H and O–H groups in total. The average molecular weight is 360 g/mol.